The van der Waals surface area contributed by atoms with E-state index >= 15 is 0 Å². The van der Waals surface area contributed by atoms with Crippen molar-refractivity contribution in [1.29, 1.82) is 0 Å². The Labute approximate surface area is 122 Å². The molecule has 2 N–H and O–H groups in total. The highest BCUT2D eigenvalue weighted by atomic mass is 16.5. The van der Waals surface area contributed by atoms with Crippen molar-refractivity contribution in [1.82, 2.24) is 5.32 Å². The van der Waals surface area contributed by atoms with Crippen molar-refractivity contribution in [3.8, 4) is 5.75 Å². The van der Waals surface area contributed by atoms with Crippen molar-refractivity contribution in [2.24, 2.45) is 0 Å². The standard InChI is InChI=1S/C17H27NO2/c1-3-20-17-10-9-13(2)11-15(17)16(19)12-18-14-7-5-4-6-8-14/h9-11,14,16,18-19H,3-8,12H2,1-2H3. The van der Waals surface area contributed by atoms with E-state index in [0.29, 0.717) is 19.2 Å². The van der Waals surface area contributed by atoms with Crippen LogP contribution in [-0.4, -0.2) is 24.3 Å². The highest BCUT2D eigenvalue weighted by molar-refractivity contribution is 5.38. The average Bonchev–Trinajstić information content (AvgIpc) is 2.48. The van der Waals surface area contributed by atoms with Crippen LogP contribution in [0, 0.1) is 6.92 Å². The quantitative estimate of drug-likeness (QED) is 0.838. The number of aryl methyl sites for hydroxylation is 1. The van der Waals surface area contributed by atoms with E-state index in [9.17, 15) is 5.11 Å². The van der Waals surface area contributed by atoms with Gasteiger partial charge in [0, 0.05) is 18.2 Å². The van der Waals surface area contributed by atoms with Crippen LogP contribution in [0.25, 0.3) is 0 Å². The number of aliphatic hydroxyl groups excluding tert-OH is 1. The molecule has 3 nitrogen and oxygen atoms in total. The SMILES string of the molecule is CCOc1ccc(C)cc1C(O)CNC1CCCCC1. The molecule has 0 radical (unpaired) electrons. The van der Waals surface area contributed by atoms with E-state index in [1.54, 1.807) is 0 Å². The Morgan fingerprint density at radius 1 is 1.30 bits per heavy atom. The topological polar surface area (TPSA) is 41.5 Å². The van der Waals surface area contributed by atoms with Crippen LogP contribution in [0.1, 0.15) is 56.3 Å². The smallest absolute Gasteiger partial charge is 0.125 e. The van der Waals surface area contributed by atoms with E-state index in [-0.39, 0.29) is 0 Å². The molecule has 1 fully saturated rings. The molecule has 0 aromatic heterocycles. The Kier molecular flexibility index (Phi) is 5.86. The predicted octanol–water partition coefficient (Wildman–Crippen LogP) is 3.35. The first-order valence-corrected chi connectivity index (χ1v) is 7.85. The van der Waals surface area contributed by atoms with Crippen molar-refractivity contribution >= 4 is 0 Å². The minimum absolute atomic E-state index is 0.502. The van der Waals surface area contributed by atoms with Gasteiger partial charge in [0.15, 0.2) is 0 Å². The van der Waals surface area contributed by atoms with Crippen molar-refractivity contribution in [2.45, 2.75) is 58.1 Å². The van der Waals surface area contributed by atoms with Crippen LogP contribution in [0.5, 0.6) is 5.75 Å². The number of benzene rings is 1. The lowest BCUT2D eigenvalue weighted by Gasteiger charge is -2.25. The summed E-state index contributed by atoms with van der Waals surface area (Å²) >= 11 is 0. The second-order valence-corrected chi connectivity index (χ2v) is 5.73. The van der Waals surface area contributed by atoms with Gasteiger partial charge in [0.25, 0.3) is 0 Å². The lowest BCUT2D eigenvalue weighted by Crippen LogP contribution is -2.34. The zero-order chi connectivity index (χ0) is 14.4. The highest BCUT2D eigenvalue weighted by Gasteiger charge is 2.17. The van der Waals surface area contributed by atoms with Gasteiger partial charge in [-0.2, -0.15) is 0 Å². The van der Waals surface area contributed by atoms with Crippen molar-refractivity contribution in [3.63, 3.8) is 0 Å². The molecular weight excluding hydrogens is 250 g/mol. The number of nitrogens with one attached hydrogen (secondary N) is 1. The third-order valence-electron chi connectivity index (χ3n) is 4.03. The first-order valence-electron chi connectivity index (χ1n) is 7.85. The molecule has 2 rings (SSSR count). The van der Waals surface area contributed by atoms with Crippen LogP contribution in [0.3, 0.4) is 0 Å². The summed E-state index contributed by atoms with van der Waals surface area (Å²) in [6, 6.07) is 6.57. The monoisotopic (exact) mass is 277 g/mol. The van der Waals surface area contributed by atoms with Gasteiger partial charge in [0.2, 0.25) is 0 Å². The molecule has 1 atom stereocenters. The van der Waals surface area contributed by atoms with E-state index in [1.807, 2.05) is 32.0 Å². The Bertz CT molecular complexity index is 413. The molecule has 3 heteroatoms. The van der Waals surface area contributed by atoms with E-state index < -0.39 is 6.10 Å². The summed E-state index contributed by atoms with van der Waals surface area (Å²) in [7, 11) is 0. The number of rotatable bonds is 6. The summed E-state index contributed by atoms with van der Waals surface area (Å²) in [6.45, 7) is 5.24. The minimum atomic E-state index is -0.502. The van der Waals surface area contributed by atoms with Gasteiger partial charge in [-0.25, -0.2) is 0 Å². The van der Waals surface area contributed by atoms with Gasteiger partial charge in [-0.3, -0.25) is 0 Å². The second-order valence-electron chi connectivity index (χ2n) is 5.73. The maximum absolute atomic E-state index is 10.4. The maximum atomic E-state index is 10.4. The minimum Gasteiger partial charge on any atom is -0.493 e. The number of hydrogen-bond donors (Lipinski definition) is 2. The third kappa shape index (κ3) is 4.22. The molecule has 0 amide bonds. The average molecular weight is 277 g/mol. The Morgan fingerprint density at radius 3 is 2.75 bits per heavy atom. The summed E-state index contributed by atoms with van der Waals surface area (Å²) < 4.78 is 5.62. The lowest BCUT2D eigenvalue weighted by molar-refractivity contribution is 0.160. The predicted molar refractivity (Wildman–Crippen MR) is 82.2 cm³/mol. The van der Waals surface area contributed by atoms with Crippen LogP contribution >= 0.6 is 0 Å². The third-order valence-corrected chi connectivity index (χ3v) is 4.03. The van der Waals surface area contributed by atoms with Crippen LogP contribution in [0.15, 0.2) is 18.2 Å². The Balaban J connectivity index is 1.96. The second kappa shape index (κ2) is 7.65. The van der Waals surface area contributed by atoms with Crippen molar-refractivity contribution < 1.29 is 9.84 Å². The fourth-order valence-electron chi connectivity index (χ4n) is 2.91. The van der Waals surface area contributed by atoms with E-state index in [2.05, 4.69) is 5.32 Å². The molecule has 1 aromatic carbocycles. The number of ether oxygens (including phenoxy) is 1. The molecule has 1 saturated carbocycles. The van der Waals surface area contributed by atoms with Gasteiger partial charge in [0.1, 0.15) is 5.75 Å². The van der Waals surface area contributed by atoms with Crippen molar-refractivity contribution in [2.75, 3.05) is 13.2 Å². The number of hydrogen-bond acceptors (Lipinski definition) is 3. The van der Waals surface area contributed by atoms with E-state index in [4.69, 9.17) is 4.74 Å². The van der Waals surface area contributed by atoms with Gasteiger partial charge in [-0.05, 0) is 38.8 Å². The lowest BCUT2D eigenvalue weighted by atomic mass is 9.95. The molecule has 0 saturated heterocycles. The maximum Gasteiger partial charge on any atom is 0.125 e. The first-order chi connectivity index (χ1) is 9.70. The molecular formula is C17H27NO2. The van der Waals surface area contributed by atoms with Gasteiger partial charge in [0.05, 0.1) is 12.7 Å². The fraction of sp³-hybridized carbons (Fsp3) is 0.647. The molecule has 1 unspecified atom stereocenters. The molecule has 20 heavy (non-hydrogen) atoms. The van der Waals surface area contributed by atoms with Gasteiger partial charge >= 0.3 is 0 Å². The molecule has 0 bridgehead atoms. The molecule has 0 heterocycles. The zero-order valence-electron chi connectivity index (χ0n) is 12.7. The highest BCUT2D eigenvalue weighted by Crippen LogP contribution is 2.27. The summed E-state index contributed by atoms with van der Waals surface area (Å²) in [5.41, 5.74) is 2.05. The van der Waals surface area contributed by atoms with Gasteiger partial charge in [-0.15, -0.1) is 0 Å². The van der Waals surface area contributed by atoms with Crippen LogP contribution < -0.4 is 10.1 Å². The fourth-order valence-corrected chi connectivity index (χ4v) is 2.91. The molecule has 112 valence electrons. The van der Waals surface area contributed by atoms with Crippen molar-refractivity contribution in [3.05, 3.63) is 29.3 Å². The summed E-state index contributed by atoms with van der Waals surface area (Å²) in [4.78, 5) is 0. The van der Waals surface area contributed by atoms with Gasteiger partial charge in [-0.1, -0.05) is 30.9 Å². The summed E-state index contributed by atoms with van der Waals surface area (Å²) in [5, 5.41) is 13.9. The van der Waals surface area contributed by atoms with E-state index in [0.717, 1.165) is 16.9 Å². The number of aliphatic hydroxyl groups is 1. The molecule has 1 aromatic rings. The summed E-state index contributed by atoms with van der Waals surface area (Å²) in [6.07, 6.45) is 5.94. The van der Waals surface area contributed by atoms with E-state index in [1.165, 1.54) is 32.1 Å². The Hall–Kier alpha value is -1.06. The molecule has 0 spiro atoms. The zero-order valence-corrected chi connectivity index (χ0v) is 12.7. The summed E-state index contributed by atoms with van der Waals surface area (Å²) in [5.74, 6) is 0.802. The van der Waals surface area contributed by atoms with Crippen LogP contribution in [-0.2, 0) is 0 Å². The molecule has 1 aliphatic carbocycles. The first kappa shape index (κ1) is 15.3. The largest absolute Gasteiger partial charge is 0.493 e. The van der Waals surface area contributed by atoms with Crippen LogP contribution in [0.2, 0.25) is 0 Å². The molecule has 1 aliphatic rings. The van der Waals surface area contributed by atoms with Gasteiger partial charge < -0.3 is 15.2 Å². The van der Waals surface area contributed by atoms with Crippen LogP contribution in [0.4, 0.5) is 0 Å². The normalized spacial score (nSPS) is 17.9. The Morgan fingerprint density at radius 2 is 2.05 bits per heavy atom. The molecule has 0 aliphatic heterocycles.